The molecule has 0 bridgehead atoms. The minimum atomic E-state index is -0.722. The van der Waals surface area contributed by atoms with Gasteiger partial charge in [0.2, 0.25) is 0 Å². The maximum Gasteiger partial charge on any atom is 0.328 e. The third-order valence-electron chi connectivity index (χ3n) is 2.27. The van der Waals surface area contributed by atoms with E-state index in [0.29, 0.717) is 12.0 Å². The number of hydrogen-bond donors (Lipinski definition) is 1. The number of aromatic nitrogens is 1. The summed E-state index contributed by atoms with van der Waals surface area (Å²) >= 11 is 0. The van der Waals surface area contributed by atoms with E-state index in [1.54, 1.807) is 25.3 Å². The lowest BCUT2D eigenvalue weighted by Crippen LogP contribution is -2.41. The smallest absolute Gasteiger partial charge is 0.328 e. The van der Waals surface area contributed by atoms with Crippen molar-refractivity contribution in [1.82, 2.24) is 10.3 Å². The first-order valence-corrected chi connectivity index (χ1v) is 5.47. The number of carbonyl (C=O) groups is 2. The van der Waals surface area contributed by atoms with Crippen LogP contribution in [0.5, 0.6) is 0 Å². The molecule has 5 heteroatoms. The van der Waals surface area contributed by atoms with Gasteiger partial charge < -0.3 is 10.1 Å². The molecule has 18 heavy (non-hydrogen) atoms. The van der Waals surface area contributed by atoms with Crippen molar-refractivity contribution in [2.75, 3.05) is 7.11 Å². The molecule has 0 radical (unpaired) electrons. The van der Waals surface area contributed by atoms with Gasteiger partial charge in [-0.15, -0.1) is 6.58 Å². The van der Waals surface area contributed by atoms with Gasteiger partial charge in [-0.2, -0.15) is 0 Å². The Kier molecular flexibility index (Phi) is 5.05. The number of esters is 1. The Bertz CT molecular complexity index is 443. The molecule has 0 saturated heterocycles. The molecule has 0 spiro atoms. The highest BCUT2D eigenvalue weighted by Gasteiger charge is 2.21. The summed E-state index contributed by atoms with van der Waals surface area (Å²) in [6, 6.07) is 2.55. The molecule has 0 aromatic carbocycles. The zero-order valence-corrected chi connectivity index (χ0v) is 10.5. The van der Waals surface area contributed by atoms with Crippen LogP contribution in [0.4, 0.5) is 0 Å². The molecule has 1 heterocycles. The standard InChI is InChI=1S/C13H16N2O3/c1-9(2)7-11(13(17)18-3)15-12(16)10-5-4-6-14-8-10/h4-6,8,11H,1,7H2,2-3H3,(H,15,16)/t11-/m0/s1. The predicted octanol–water partition coefficient (Wildman–Crippen LogP) is 1.32. The second-order valence-electron chi connectivity index (χ2n) is 3.95. The van der Waals surface area contributed by atoms with Gasteiger partial charge in [0.05, 0.1) is 12.7 Å². The highest BCUT2D eigenvalue weighted by atomic mass is 16.5. The van der Waals surface area contributed by atoms with Gasteiger partial charge in [0, 0.05) is 12.4 Å². The summed E-state index contributed by atoms with van der Waals surface area (Å²) in [6.07, 6.45) is 3.35. The van der Waals surface area contributed by atoms with Crippen LogP contribution in [0.2, 0.25) is 0 Å². The number of hydrogen-bond acceptors (Lipinski definition) is 4. The quantitative estimate of drug-likeness (QED) is 0.630. The van der Waals surface area contributed by atoms with Crippen molar-refractivity contribution >= 4 is 11.9 Å². The molecular formula is C13H16N2O3. The third-order valence-corrected chi connectivity index (χ3v) is 2.27. The summed E-state index contributed by atoms with van der Waals surface area (Å²) in [7, 11) is 1.28. The van der Waals surface area contributed by atoms with Gasteiger partial charge in [0.25, 0.3) is 5.91 Å². The van der Waals surface area contributed by atoms with Crippen LogP contribution in [0.3, 0.4) is 0 Å². The average molecular weight is 248 g/mol. The second kappa shape index (κ2) is 6.54. The molecule has 0 aliphatic rings. The van der Waals surface area contributed by atoms with Crippen molar-refractivity contribution < 1.29 is 14.3 Å². The molecular weight excluding hydrogens is 232 g/mol. The molecule has 0 aliphatic heterocycles. The van der Waals surface area contributed by atoms with Crippen LogP contribution in [0.1, 0.15) is 23.7 Å². The summed E-state index contributed by atoms with van der Waals surface area (Å²) in [4.78, 5) is 27.2. The van der Waals surface area contributed by atoms with Crippen molar-refractivity contribution in [3.63, 3.8) is 0 Å². The van der Waals surface area contributed by atoms with Gasteiger partial charge in [-0.1, -0.05) is 5.57 Å². The van der Waals surface area contributed by atoms with Crippen molar-refractivity contribution in [2.45, 2.75) is 19.4 Å². The largest absolute Gasteiger partial charge is 0.467 e. The Morgan fingerprint density at radius 1 is 1.56 bits per heavy atom. The van der Waals surface area contributed by atoms with Gasteiger partial charge in [0.1, 0.15) is 6.04 Å². The maximum atomic E-state index is 11.9. The molecule has 0 aliphatic carbocycles. The molecule has 1 aromatic heterocycles. The van der Waals surface area contributed by atoms with Crippen LogP contribution in [0.25, 0.3) is 0 Å². The van der Waals surface area contributed by atoms with Crippen molar-refractivity contribution in [3.8, 4) is 0 Å². The predicted molar refractivity (Wildman–Crippen MR) is 66.9 cm³/mol. The lowest BCUT2D eigenvalue weighted by molar-refractivity contribution is -0.142. The lowest BCUT2D eigenvalue weighted by Gasteiger charge is -2.16. The van der Waals surface area contributed by atoms with E-state index in [9.17, 15) is 9.59 Å². The van der Waals surface area contributed by atoms with Crippen molar-refractivity contribution in [2.24, 2.45) is 0 Å². The fourth-order valence-electron chi connectivity index (χ4n) is 1.42. The number of pyridine rings is 1. The Labute approximate surface area is 106 Å². The third kappa shape index (κ3) is 4.01. The zero-order chi connectivity index (χ0) is 13.5. The minimum Gasteiger partial charge on any atom is -0.467 e. The maximum absolute atomic E-state index is 11.9. The highest BCUT2D eigenvalue weighted by molar-refractivity contribution is 5.96. The molecule has 0 unspecified atom stereocenters. The molecule has 0 saturated carbocycles. The summed E-state index contributed by atoms with van der Waals surface area (Å²) in [5.41, 5.74) is 1.19. The van der Waals surface area contributed by atoms with Gasteiger partial charge in [-0.25, -0.2) is 4.79 Å². The number of methoxy groups -OCH3 is 1. The van der Waals surface area contributed by atoms with E-state index in [2.05, 4.69) is 21.6 Å². The van der Waals surface area contributed by atoms with E-state index in [0.717, 1.165) is 5.57 Å². The van der Waals surface area contributed by atoms with E-state index in [4.69, 9.17) is 0 Å². The minimum absolute atomic E-state index is 0.346. The van der Waals surface area contributed by atoms with Crippen LogP contribution in [0, 0.1) is 0 Å². The average Bonchev–Trinajstić information content (AvgIpc) is 2.37. The summed E-state index contributed by atoms with van der Waals surface area (Å²) in [6.45, 7) is 5.50. The Morgan fingerprint density at radius 2 is 2.28 bits per heavy atom. The fraction of sp³-hybridized carbons (Fsp3) is 0.308. The van der Waals surface area contributed by atoms with Crippen LogP contribution in [-0.2, 0) is 9.53 Å². The molecule has 96 valence electrons. The molecule has 1 rings (SSSR count). The first-order chi connectivity index (χ1) is 8.54. The number of amides is 1. The topological polar surface area (TPSA) is 68.3 Å². The molecule has 1 aromatic rings. The monoisotopic (exact) mass is 248 g/mol. The summed E-state index contributed by atoms with van der Waals surface area (Å²) in [5.74, 6) is -0.852. The van der Waals surface area contributed by atoms with Gasteiger partial charge in [0.15, 0.2) is 0 Å². The number of nitrogens with zero attached hydrogens (tertiary/aromatic N) is 1. The Hall–Kier alpha value is -2.17. The van der Waals surface area contributed by atoms with Gasteiger partial charge >= 0.3 is 5.97 Å². The first kappa shape index (κ1) is 13.9. The van der Waals surface area contributed by atoms with Crippen molar-refractivity contribution in [1.29, 1.82) is 0 Å². The van der Waals surface area contributed by atoms with E-state index < -0.39 is 12.0 Å². The normalized spacial score (nSPS) is 11.4. The Morgan fingerprint density at radius 3 is 2.78 bits per heavy atom. The number of rotatable bonds is 5. The molecule has 1 atom stereocenters. The van der Waals surface area contributed by atoms with Crippen molar-refractivity contribution in [3.05, 3.63) is 42.2 Å². The molecule has 5 nitrogen and oxygen atoms in total. The van der Waals surface area contributed by atoms with Crippen LogP contribution in [0.15, 0.2) is 36.7 Å². The van der Waals surface area contributed by atoms with E-state index in [1.807, 2.05) is 0 Å². The number of nitrogens with one attached hydrogen (secondary N) is 1. The fourth-order valence-corrected chi connectivity index (χ4v) is 1.42. The summed E-state index contributed by atoms with van der Waals surface area (Å²) in [5, 5.41) is 2.60. The van der Waals surface area contributed by atoms with Gasteiger partial charge in [-0.05, 0) is 25.5 Å². The van der Waals surface area contributed by atoms with Crippen LogP contribution < -0.4 is 5.32 Å². The van der Waals surface area contributed by atoms with E-state index in [1.165, 1.54) is 13.3 Å². The van der Waals surface area contributed by atoms with E-state index in [-0.39, 0.29) is 5.91 Å². The van der Waals surface area contributed by atoms with E-state index >= 15 is 0 Å². The molecule has 0 fully saturated rings. The first-order valence-electron chi connectivity index (χ1n) is 5.47. The second-order valence-corrected chi connectivity index (χ2v) is 3.95. The highest BCUT2D eigenvalue weighted by Crippen LogP contribution is 2.05. The molecule has 1 amide bonds. The number of carbonyl (C=O) groups excluding carboxylic acids is 2. The molecule has 1 N–H and O–H groups in total. The summed E-state index contributed by atoms with van der Waals surface area (Å²) < 4.78 is 4.64. The van der Waals surface area contributed by atoms with Crippen LogP contribution >= 0.6 is 0 Å². The SMILES string of the molecule is C=C(C)C[C@H](NC(=O)c1cccnc1)C(=O)OC. The number of ether oxygens (including phenoxy) is 1. The Balaban J connectivity index is 2.74. The van der Waals surface area contributed by atoms with Gasteiger partial charge in [-0.3, -0.25) is 9.78 Å². The van der Waals surface area contributed by atoms with Crippen LogP contribution in [-0.4, -0.2) is 30.0 Å². The zero-order valence-electron chi connectivity index (χ0n) is 10.5. The lowest BCUT2D eigenvalue weighted by atomic mass is 10.1.